The van der Waals surface area contributed by atoms with E-state index in [9.17, 15) is 13.2 Å². The summed E-state index contributed by atoms with van der Waals surface area (Å²) in [4.78, 5) is 0. The second-order valence-electron chi connectivity index (χ2n) is 11.2. The summed E-state index contributed by atoms with van der Waals surface area (Å²) in [7, 11) is 0. The Morgan fingerprint density at radius 3 is 2.10 bits per heavy atom. The van der Waals surface area contributed by atoms with Crippen LogP contribution < -0.4 is 5.32 Å². The summed E-state index contributed by atoms with van der Waals surface area (Å²) >= 11 is 0. The zero-order valence-electron chi connectivity index (χ0n) is 23.6. The Hall–Kier alpha value is -4.77. The summed E-state index contributed by atoms with van der Waals surface area (Å²) < 4.78 is 43.2. The van der Waals surface area contributed by atoms with Gasteiger partial charge in [-0.2, -0.15) is 13.2 Å². The van der Waals surface area contributed by atoms with Crippen LogP contribution in [0, 0.1) is 20.8 Å². The van der Waals surface area contributed by atoms with E-state index < -0.39 is 11.7 Å². The molecule has 42 heavy (non-hydrogen) atoms. The van der Waals surface area contributed by atoms with Crippen molar-refractivity contribution in [2.45, 2.75) is 32.9 Å². The van der Waals surface area contributed by atoms with Crippen molar-refractivity contribution in [3.63, 3.8) is 0 Å². The number of fused-ring (bicyclic) bond motifs is 1. The Labute approximate surface area is 243 Å². The molecule has 6 aromatic rings. The van der Waals surface area contributed by atoms with Crippen molar-refractivity contribution in [2.24, 2.45) is 0 Å². The normalized spacial score (nSPS) is 14.4. The van der Waals surface area contributed by atoms with Crippen molar-refractivity contribution < 1.29 is 13.2 Å². The maximum atomic E-state index is 13.6. The van der Waals surface area contributed by atoms with Gasteiger partial charge in [0.1, 0.15) is 0 Å². The van der Waals surface area contributed by atoms with Crippen LogP contribution in [0.3, 0.4) is 0 Å². The molecule has 2 nitrogen and oxygen atoms in total. The SMILES string of the molecule is Cc1ccc(-n2c(-c3ccccc3)c3c4c(c(C)ccc42)Nc2ccc(C)cc2C3c2ccc(C(F)(F)F)cc2)cc1. The molecule has 1 aliphatic rings. The quantitative estimate of drug-likeness (QED) is 0.228. The molecular formula is C37H29F3N2. The van der Waals surface area contributed by atoms with Gasteiger partial charge < -0.3 is 9.88 Å². The van der Waals surface area contributed by atoms with Crippen LogP contribution in [0.4, 0.5) is 24.5 Å². The van der Waals surface area contributed by atoms with Crippen LogP contribution >= 0.6 is 0 Å². The van der Waals surface area contributed by atoms with Gasteiger partial charge >= 0.3 is 6.18 Å². The molecule has 0 radical (unpaired) electrons. The van der Waals surface area contributed by atoms with Crippen molar-refractivity contribution in [3.8, 4) is 16.9 Å². The Balaban J connectivity index is 1.66. The fraction of sp³-hybridized carbons (Fsp3) is 0.135. The summed E-state index contributed by atoms with van der Waals surface area (Å²) in [5.41, 5.74) is 11.8. The smallest absolute Gasteiger partial charge is 0.354 e. The molecular weight excluding hydrogens is 529 g/mol. The van der Waals surface area contributed by atoms with Gasteiger partial charge in [0.2, 0.25) is 0 Å². The minimum Gasteiger partial charge on any atom is -0.354 e. The molecule has 5 aromatic carbocycles. The Morgan fingerprint density at radius 2 is 1.40 bits per heavy atom. The molecule has 1 N–H and O–H groups in total. The van der Waals surface area contributed by atoms with E-state index in [4.69, 9.17) is 0 Å². The summed E-state index contributed by atoms with van der Waals surface area (Å²) in [5.74, 6) is -0.317. The first-order valence-electron chi connectivity index (χ1n) is 14.1. The standard InChI is InChI=1S/C37H29F3N2/c1-22-9-17-28(18-10-22)42-31-20-12-24(3)35-33(31)34(36(42)26-7-5-4-6-8-26)32(29-21-23(2)11-19-30(29)41-35)25-13-15-27(16-14-25)37(38,39)40/h4-21,32,41H,1-3H3. The van der Waals surface area contributed by atoms with E-state index in [0.717, 1.165) is 67.0 Å². The highest BCUT2D eigenvalue weighted by molar-refractivity contribution is 6.06. The van der Waals surface area contributed by atoms with Crippen LogP contribution in [0.5, 0.6) is 0 Å². The Kier molecular flexibility index (Phi) is 6.01. The zero-order chi connectivity index (χ0) is 29.2. The number of rotatable bonds is 3. The number of anilines is 2. The van der Waals surface area contributed by atoms with Crippen molar-refractivity contribution in [3.05, 3.63) is 148 Å². The van der Waals surface area contributed by atoms with Crippen molar-refractivity contribution in [1.29, 1.82) is 0 Å². The summed E-state index contributed by atoms with van der Waals surface area (Å²) in [6.45, 7) is 6.23. The molecule has 7 rings (SSSR count). The second-order valence-corrected chi connectivity index (χ2v) is 11.2. The first kappa shape index (κ1) is 26.1. The molecule has 1 aliphatic heterocycles. The molecule has 0 aliphatic carbocycles. The van der Waals surface area contributed by atoms with E-state index >= 15 is 0 Å². The molecule has 0 amide bonds. The molecule has 1 atom stereocenters. The number of aromatic nitrogens is 1. The Bertz CT molecular complexity index is 1950. The number of hydrogen-bond acceptors (Lipinski definition) is 1. The van der Waals surface area contributed by atoms with Gasteiger partial charge in [-0.3, -0.25) is 0 Å². The van der Waals surface area contributed by atoms with Gasteiger partial charge in [0.05, 0.1) is 22.5 Å². The van der Waals surface area contributed by atoms with E-state index in [1.807, 2.05) is 18.2 Å². The van der Waals surface area contributed by atoms with Gasteiger partial charge in [0.25, 0.3) is 0 Å². The minimum atomic E-state index is -4.40. The summed E-state index contributed by atoms with van der Waals surface area (Å²) in [6, 6.07) is 35.1. The Morgan fingerprint density at radius 1 is 0.714 bits per heavy atom. The van der Waals surface area contributed by atoms with Gasteiger partial charge in [-0.1, -0.05) is 83.9 Å². The topological polar surface area (TPSA) is 17.0 Å². The minimum absolute atomic E-state index is 0.317. The lowest BCUT2D eigenvalue weighted by molar-refractivity contribution is -0.137. The number of nitrogens with zero attached hydrogens (tertiary/aromatic N) is 1. The highest BCUT2D eigenvalue weighted by Crippen LogP contribution is 2.52. The summed E-state index contributed by atoms with van der Waals surface area (Å²) in [6.07, 6.45) is -4.40. The maximum absolute atomic E-state index is 13.6. The average molecular weight is 559 g/mol. The molecule has 0 bridgehead atoms. The molecule has 0 saturated heterocycles. The van der Waals surface area contributed by atoms with Gasteiger partial charge in [-0.15, -0.1) is 0 Å². The number of benzene rings is 5. The van der Waals surface area contributed by atoms with Crippen molar-refractivity contribution in [1.82, 2.24) is 4.57 Å². The first-order valence-corrected chi connectivity index (χ1v) is 14.1. The van der Waals surface area contributed by atoms with E-state index in [2.05, 4.69) is 97.4 Å². The van der Waals surface area contributed by atoms with E-state index in [-0.39, 0.29) is 5.92 Å². The third kappa shape index (κ3) is 4.19. The van der Waals surface area contributed by atoms with Gasteiger partial charge in [0.15, 0.2) is 0 Å². The van der Waals surface area contributed by atoms with Crippen LogP contribution in [0.25, 0.3) is 27.8 Å². The van der Waals surface area contributed by atoms with Crippen LogP contribution in [0.15, 0.2) is 109 Å². The molecule has 0 saturated carbocycles. The van der Waals surface area contributed by atoms with E-state index in [1.54, 1.807) is 12.1 Å². The van der Waals surface area contributed by atoms with Gasteiger partial charge in [-0.05, 0) is 79.4 Å². The zero-order valence-corrected chi connectivity index (χ0v) is 23.6. The van der Waals surface area contributed by atoms with Gasteiger partial charge in [0, 0.05) is 28.2 Å². The second kappa shape index (κ2) is 9.66. The average Bonchev–Trinajstić information content (AvgIpc) is 3.23. The monoisotopic (exact) mass is 558 g/mol. The van der Waals surface area contributed by atoms with Crippen LogP contribution in [-0.2, 0) is 6.18 Å². The maximum Gasteiger partial charge on any atom is 0.416 e. The number of alkyl halides is 3. The lowest BCUT2D eigenvalue weighted by Crippen LogP contribution is -2.09. The third-order valence-electron chi connectivity index (χ3n) is 8.36. The highest BCUT2D eigenvalue weighted by Gasteiger charge is 2.35. The van der Waals surface area contributed by atoms with E-state index in [0.29, 0.717) is 0 Å². The number of nitrogens with one attached hydrogen (secondary N) is 1. The van der Waals surface area contributed by atoms with Crippen LogP contribution in [-0.4, -0.2) is 4.57 Å². The van der Waals surface area contributed by atoms with Gasteiger partial charge in [-0.25, -0.2) is 0 Å². The van der Waals surface area contributed by atoms with E-state index in [1.165, 1.54) is 17.7 Å². The molecule has 1 aromatic heterocycles. The van der Waals surface area contributed by atoms with Crippen molar-refractivity contribution in [2.75, 3.05) is 5.32 Å². The van der Waals surface area contributed by atoms with Crippen molar-refractivity contribution >= 4 is 22.3 Å². The number of halogens is 3. The largest absolute Gasteiger partial charge is 0.416 e. The lowest BCUT2D eigenvalue weighted by atomic mass is 9.81. The summed E-state index contributed by atoms with van der Waals surface area (Å²) in [5, 5.41) is 4.83. The molecule has 1 unspecified atom stereocenters. The lowest BCUT2D eigenvalue weighted by Gasteiger charge is -2.23. The molecule has 2 heterocycles. The predicted molar refractivity (Wildman–Crippen MR) is 165 cm³/mol. The molecule has 0 spiro atoms. The van der Waals surface area contributed by atoms with Crippen LogP contribution in [0.2, 0.25) is 0 Å². The first-order chi connectivity index (χ1) is 20.2. The highest BCUT2D eigenvalue weighted by atomic mass is 19.4. The number of aryl methyl sites for hydroxylation is 3. The molecule has 208 valence electrons. The fourth-order valence-corrected chi connectivity index (χ4v) is 6.33. The predicted octanol–water partition coefficient (Wildman–Crippen LogP) is 10.5. The van der Waals surface area contributed by atoms with Crippen LogP contribution in [0.1, 0.15) is 44.9 Å². The fourth-order valence-electron chi connectivity index (χ4n) is 6.33. The molecule has 5 heteroatoms. The number of hydrogen-bond donors (Lipinski definition) is 1. The third-order valence-corrected chi connectivity index (χ3v) is 8.36. The molecule has 0 fully saturated rings.